The molecular formula is C16H25N3O. The summed E-state index contributed by atoms with van der Waals surface area (Å²) < 4.78 is 5.24. The average Bonchev–Trinajstić information content (AvgIpc) is 3.29. The number of hydrogen-bond donors (Lipinski definition) is 2. The van der Waals surface area contributed by atoms with Crippen molar-refractivity contribution in [2.24, 2.45) is 10.9 Å². The van der Waals surface area contributed by atoms with E-state index in [1.807, 2.05) is 12.1 Å². The average molecular weight is 275 g/mol. The van der Waals surface area contributed by atoms with E-state index in [0.29, 0.717) is 0 Å². The van der Waals surface area contributed by atoms with E-state index in [1.54, 1.807) is 7.11 Å². The van der Waals surface area contributed by atoms with E-state index in [4.69, 9.17) is 4.74 Å². The Morgan fingerprint density at radius 2 is 2.20 bits per heavy atom. The van der Waals surface area contributed by atoms with E-state index in [1.165, 1.54) is 18.4 Å². The third-order valence-electron chi connectivity index (χ3n) is 3.39. The maximum Gasteiger partial charge on any atom is 0.191 e. The van der Waals surface area contributed by atoms with Crippen molar-refractivity contribution in [2.45, 2.75) is 26.2 Å². The molecule has 0 amide bonds. The lowest BCUT2D eigenvalue weighted by atomic mass is 10.1. The Hall–Kier alpha value is -1.71. The standard InChI is InChI=1S/C16H25N3O/c1-3-17-16(19-12-14-7-8-14)18-10-9-13-5-4-6-15(11-13)20-2/h4-6,11,14H,3,7-10,12H2,1-2H3,(H2,17,18,19). The fourth-order valence-corrected chi connectivity index (χ4v) is 2.02. The molecule has 4 nitrogen and oxygen atoms in total. The highest BCUT2D eigenvalue weighted by Gasteiger charge is 2.20. The maximum absolute atomic E-state index is 5.24. The van der Waals surface area contributed by atoms with Crippen molar-refractivity contribution in [3.63, 3.8) is 0 Å². The van der Waals surface area contributed by atoms with Gasteiger partial charge < -0.3 is 15.4 Å². The molecule has 0 atom stereocenters. The van der Waals surface area contributed by atoms with Crippen LogP contribution in [0.1, 0.15) is 25.3 Å². The molecule has 1 aliphatic carbocycles. The Morgan fingerprint density at radius 3 is 2.90 bits per heavy atom. The van der Waals surface area contributed by atoms with E-state index < -0.39 is 0 Å². The number of benzene rings is 1. The number of nitrogens with zero attached hydrogens (tertiary/aromatic N) is 1. The van der Waals surface area contributed by atoms with Gasteiger partial charge in [0.25, 0.3) is 0 Å². The molecule has 0 aliphatic heterocycles. The topological polar surface area (TPSA) is 45.7 Å². The lowest BCUT2D eigenvalue weighted by Crippen LogP contribution is -2.38. The van der Waals surface area contributed by atoms with E-state index in [-0.39, 0.29) is 0 Å². The molecule has 1 aliphatic rings. The third-order valence-corrected chi connectivity index (χ3v) is 3.39. The highest BCUT2D eigenvalue weighted by Crippen LogP contribution is 2.28. The molecule has 2 N–H and O–H groups in total. The first-order chi connectivity index (χ1) is 9.81. The minimum atomic E-state index is 0.823. The number of aliphatic imine (C=N–C) groups is 1. The molecule has 1 saturated carbocycles. The molecule has 0 unspecified atom stereocenters. The zero-order valence-electron chi connectivity index (χ0n) is 12.5. The minimum Gasteiger partial charge on any atom is -0.497 e. The summed E-state index contributed by atoms with van der Waals surface area (Å²) in [5.41, 5.74) is 1.27. The molecule has 0 aromatic heterocycles. The lowest BCUT2D eigenvalue weighted by molar-refractivity contribution is 0.414. The number of methoxy groups -OCH3 is 1. The van der Waals surface area contributed by atoms with Gasteiger partial charge in [0.15, 0.2) is 5.96 Å². The second-order valence-corrected chi connectivity index (χ2v) is 5.19. The highest BCUT2D eigenvalue weighted by molar-refractivity contribution is 5.79. The summed E-state index contributed by atoms with van der Waals surface area (Å²) in [6.07, 6.45) is 3.64. The van der Waals surface area contributed by atoms with Crippen molar-refractivity contribution in [3.05, 3.63) is 29.8 Å². The van der Waals surface area contributed by atoms with Crippen LogP contribution in [0.5, 0.6) is 5.75 Å². The van der Waals surface area contributed by atoms with E-state index in [0.717, 1.165) is 43.7 Å². The van der Waals surface area contributed by atoms with Gasteiger partial charge in [-0.3, -0.25) is 4.99 Å². The van der Waals surface area contributed by atoms with Crippen molar-refractivity contribution >= 4 is 5.96 Å². The van der Waals surface area contributed by atoms with Gasteiger partial charge in [0, 0.05) is 19.6 Å². The van der Waals surface area contributed by atoms with Crippen LogP contribution in [0, 0.1) is 5.92 Å². The quantitative estimate of drug-likeness (QED) is 0.592. The molecule has 2 rings (SSSR count). The van der Waals surface area contributed by atoms with Gasteiger partial charge in [0.05, 0.1) is 7.11 Å². The fraction of sp³-hybridized carbons (Fsp3) is 0.562. The Balaban J connectivity index is 1.77. The first kappa shape index (κ1) is 14.7. The SMILES string of the molecule is CCNC(=NCC1CC1)NCCc1cccc(OC)c1. The Morgan fingerprint density at radius 1 is 1.35 bits per heavy atom. The van der Waals surface area contributed by atoms with Crippen LogP contribution in [-0.2, 0) is 6.42 Å². The van der Waals surface area contributed by atoms with Crippen molar-refractivity contribution in [2.75, 3.05) is 26.7 Å². The number of hydrogen-bond acceptors (Lipinski definition) is 2. The summed E-state index contributed by atoms with van der Waals surface area (Å²) in [6.45, 7) is 4.82. The van der Waals surface area contributed by atoms with E-state index in [2.05, 4.69) is 34.7 Å². The summed E-state index contributed by atoms with van der Waals surface area (Å²) in [4.78, 5) is 4.61. The van der Waals surface area contributed by atoms with Crippen LogP contribution in [0.3, 0.4) is 0 Å². The van der Waals surface area contributed by atoms with Gasteiger partial charge in [-0.1, -0.05) is 12.1 Å². The van der Waals surface area contributed by atoms with Crippen molar-refractivity contribution in [1.82, 2.24) is 10.6 Å². The molecular weight excluding hydrogens is 250 g/mol. The molecule has 1 aromatic carbocycles. The number of guanidine groups is 1. The molecule has 0 heterocycles. The maximum atomic E-state index is 5.24. The largest absolute Gasteiger partial charge is 0.497 e. The molecule has 1 aromatic rings. The molecule has 0 saturated heterocycles. The van der Waals surface area contributed by atoms with Crippen LogP contribution in [-0.4, -0.2) is 32.7 Å². The molecule has 1 fully saturated rings. The van der Waals surface area contributed by atoms with Crippen LogP contribution < -0.4 is 15.4 Å². The zero-order valence-corrected chi connectivity index (χ0v) is 12.5. The molecule has 0 spiro atoms. The van der Waals surface area contributed by atoms with Crippen LogP contribution in [0.4, 0.5) is 0 Å². The molecule has 4 heteroatoms. The highest BCUT2D eigenvalue weighted by atomic mass is 16.5. The predicted octanol–water partition coefficient (Wildman–Crippen LogP) is 2.20. The first-order valence-electron chi connectivity index (χ1n) is 7.47. The normalized spacial score (nSPS) is 15.0. The molecule has 110 valence electrons. The fourth-order valence-electron chi connectivity index (χ4n) is 2.02. The van der Waals surface area contributed by atoms with Gasteiger partial charge in [-0.2, -0.15) is 0 Å². The van der Waals surface area contributed by atoms with Crippen LogP contribution in [0.15, 0.2) is 29.3 Å². The molecule has 0 bridgehead atoms. The monoisotopic (exact) mass is 275 g/mol. The summed E-state index contributed by atoms with van der Waals surface area (Å²) in [5, 5.41) is 6.68. The van der Waals surface area contributed by atoms with Gasteiger partial charge in [-0.25, -0.2) is 0 Å². The summed E-state index contributed by atoms with van der Waals surface area (Å²) in [6, 6.07) is 8.20. The molecule has 0 radical (unpaired) electrons. The summed E-state index contributed by atoms with van der Waals surface area (Å²) >= 11 is 0. The Labute approximate surface area is 121 Å². The van der Waals surface area contributed by atoms with E-state index >= 15 is 0 Å². The van der Waals surface area contributed by atoms with Crippen molar-refractivity contribution < 1.29 is 4.74 Å². The van der Waals surface area contributed by atoms with Crippen molar-refractivity contribution in [1.29, 1.82) is 0 Å². The minimum absolute atomic E-state index is 0.823. The van der Waals surface area contributed by atoms with Crippen LogP contribution in [0.2, 0.25) is 0 Å². The van der Waals surface area contributed by atoms with Gasteiger partial charge in [-0.05, 0) is 49.8 Å². The lowest BCUT2D eigenvalue weighted by Gasteiger charge is -2.11. The number of nitrogens with one attached hydrogen (secondary N) is 2. The van der Waals surface area contributed by atoms with Gasteiger partial charge in [0.1, 0.15) is 5.75 Å². The predicted molar refractivity (Wildman–Crippen MR) is 83.4 cm³/mol. The van der Waals surface area contributed by atoms with Crippen molar-refractivity contribution in [3.8, 4) is 5.75 Å². The van der Waals surface area contributed by atoms with Gasteiger partial charge in [0.2, 0.25) is 0 Å². The third kappa shape index (κ3) is 5.11. The Bertz CT molecular complexity index is 441. The smallest absolute Gasteiger partial charge is 0.191 e. The summed E-state index contributed by atoms with van der Waals surface area (Å²) in [5.74, 6) is 2.67. The molecule has 20 heavy (non-hydrogen) atoms. The van der Waals surface area contributed by atoms with Crippen LogP contribution in [0.25, 0.3) is 0 Å². The van der Waals surface area contributed by atoms with Gasteiger partial charge in [-0.15, -0.1) is 0 Å². The zero-order chi connectivity index (χ0) is 14.2. The second-order valence-electron chi connectivity index (χ2n) is 5.19. The number of rotatable bonds is 7. The second kappa shape index (κ2) is 7.78. The number of ether oxygens (including phenoxy) is 1. The van der Waals surface area contributed by atoms with Crippen LogP contribution >= 0.6 is 0 Å². The Kier molecular flexibility index (Phi) is 5.71. The first-order valence-corrected chi connectivity index (χ1v) is 7.47. The summed E-state index contributed by atoms with van der Waals surface area (Å²) in [7, 11) is 1.70. The van der Waals surface area contributed by atoms with E-state index in [9.17, 15) is 0 Å². The van der Waals surface area contributed by atoms with Gasteiger partial charge >= 0.3 is 0 Å².